The Morgan fingerprint density at radius 2 is 1.74 bits per heavy atom. The van der Waals surface area contributed by atoms with Crippen LogP contribution in [0, 0.1) is 5.92 Å². The Kier molecular flexibility index (Phi) is 7.06. The highest BCUT2D eigenvalue weighted by atomic mass is 16.6. The van der Waals surface area contributed by atoms with Crippen LogP contribution in [0.3, 0.4) is 0 Å². The fraction of sp³-hybridized carbons (Fsp3) is 0.750. The van der Waals surface area contributed by atoms with Gasteiger partial charge in [0, 0.05) is 6.42 Å². The van der Waals surface area contributed by atoms with E-state index in [9.17, 15) is 4.79 Å². The molecule has 0 aliphatic carbocycles. The summed E-state index contributed by atoms with van der Waals surface area (Å²) >= 11 is 0. The standard InChI is InChI=1S/C10H19NO2.C2H2O4/c1-10(2,3)13-9(12)6-8-4-5-11-7-8;3-1(4)2(5)6/h8,11H,4-7H2,1-3H3;(H,3,4)(H,5,6). The Morgan fingerprint density at radius 3 is 2.05 bits per heavy atom. The van der Waals surface area contributed by atoms with E-state index in [1.165, 1.54) is 0 Å². The highest BCUT2D eigenvalue weighted by molar-refractivity contribution is 6.27. The third-order valence-corrected chi connectivity index (χ3v) is 2.22. The highest BCUT2D eigenvalue weighted by Gasteiger charge is 2.22. The minimum absolute atomic E-state index is 0.0683. The first-order chi connectivity index (χ1) is 8.61. The Hall–Kier alpha value is -1.63. The van der Waals surface area contributed by atoms with Gasteiger partial charge in [-0.15, -0.1) is 0 Å². The fourth-order valence-electron chi connectivity index (χ4n) is 1.51. The van der Waals surface area contributed by atoms with E-state index < -0.39 is 11.9 Å². The van der Waals surface area contributed by atoms with E-state index in [0.717, 1.165) is 19.5 Å². The van der Waals surface area contributed by atoms with Crippen LogP contribution in [-0.2, 0) is 19.1 Å². The summed E-state index contributed by atoms with van der Waals surface area (Å²) in [7, 11) is 0. The van der Waals surface area contributed by atoms with Gasteiger partial charge in [0.1, 0.15) is 5.60 Å². The van der Waals surface area contributed by atoms with Crippen molar-refractivity contribution in [3.8, 4) is 0 Å². The van der Waals surface area contributed by atoms with Crippen LogP contribution in [0.2, 0.25) is 0 Å². The van der Waals surface area contributed by atoms with Gasteiger partial charge in [0.05, 0.1) is 0 Å². The molecule has 0 aromatic heterocycles. The molecule has 0 saturated carbocycles. The molecular formula is C12H21NO6. The van der Waals surface area contributed by atoms with E-state index in [1.807, 2.05) is 20.8 Å². The number of ether oxygens (including phenoxy) is 1. The van der Waals surface area contributed by atoms with Gasteiger partial charge >= 0.3 is 17.9 Å². The minimum Gasteiger partial charge on any atom is -0.473 e. The second-order valence-corrected chi connectivity index (χ2v) is 5.26. The smallest absolute Gasteiger partial charge is 0.414 e. The van der Waals surface area contributed by atoms with Crippen molar-refractivity contribution in [2.45, 2.75) is 39.2 Å². The number of esters is 1. The van der Waals surface area contributed by atoms with Crippen molar-refractivity contribution in [2.75, 3.05) is 13.1 Å². The molecule has 1 rings (SSSR count). The molecule has 1 heterocycles. The van der Waals surface area contributed by atoms with Crippen molar-refractivity contribution in [2.24, 2.45) is 5.92 Å². The van der Waals surface area contributed by atoms with Crippen molar-refractivity contribution in [3.63, 3.8) is 0 Å². The number of nitrogens with one attached hydrogen (secondary N) is 1. The lowest BCUT2D eigenvalue weighted by molar-refractivity contribution is -0.159. The molecule has 0 spiro atoms. The van der Waals surface area contributed by atoms with Crippen LogP contribution in [0.15, 0.2) is 0 Å². The summed E-state index contributed by atoms with van der Waals surface area (Å²) in [5, 5.41) is 18.0. The second kappa shape index (κ2) is 7.73. The van der Waals surface area contributed by atoms with E-state index in [1.54, 1.807) is 0 Å². The van der Waals surface area contributed by atoms with Crippen molar-refractivity contribution in [1.29, 1.82) is 0 Å². The molecule has 1 aliphatic rings. The number of carbonyl (C=O) groups is 3. The van der Waals surface area contributed by atoms with E-state index in [2.05, 4.69) is 5.32 Å². The van der Waals surface area contributed by atoms with Crippen LogP contribution >= 0.6 is 0 Å². The summed E-state index contributed by atoms with van der Waals surface area (Å²) in [4.78, 5) is 29.6. The number of aliphatic carboxylic acids is 2. The lowest BCUT2D eigenvalue weighted by Gasteiger charge is -2.20. The highest BCUT2D eigenvalue weighted by Crippen LogP contribution is 2.15. The Balaban J connectivity index is 0.000000459. The van der Waals surface area contributed by atoms with Crippen LogP contribution < -0.4 is 5.32 Å². The Labute approximate surface area is 111 Å². The van der Waals surface area contributed by atoms with Gasteiger partial charge in [0.2, 0.25) is 0 Å². The van der Waals surface area contributed by atoms with E-state index in [-0.39, 0.29) is 11.6 Å². The van der Waals surface area contributed by atoms with Gasteiger partial charge in [0.25, 0.3) is 0 Å². The number of carbonyl (C=O) groups excluding carboxylic acids is 1. The van der Waals surface area contributed by atoms with E-state index >= 15 is 0 Å². The van der Waals surface area contributed by atoms with Gasteiger partial charge < -0.3 is 20.3 Å². The number of carboxylic acid groups (broad SMARTS) is 2. The van der Waals surface area contributed by atoms with Gasteiger partial charge in [-0.1, -0.05) is 0 Å². The van der Waals surface area contributed by atoms with E-state index in [4.69, 9.17) is 24.5 Å². The molecule has 110 valence electrons. The van der Waals surface area contributed by atoms with Crippen molar-refractivity contribution in [3.05, 3.63) is 0 Å². The topological polar surface area (TPSA) is 113 Å². The molecule has 19 heavy (non-hydrogen) atoms. The Morgan fingerprint density at radius 1 is 1.21 bits per heavy atom. The first kappa shape index (κ1) is 17.4. The van der Waals surface area contributed by atoms with Crippen LogP contribution in [0.1, 0.15) is 33.6 Å². The van der Waals surface area contributed by atoms with Gasteiger partial charge in [-0.05, 0) is 46.2 Å². The number of rotatable bonds is 2. The SMILES string of the molecule is CC(C)(C)OC(=O)CC1CCNC1.O=C(O)C(=O)O. The van der Waals surface area contributed by atoms with Gasteiger partial charge in [0.15, 0.2) is 0 Å². The quantitative estimate of drug-likeness (QED) is 0.496. The lowest BCUT2D eigenvalue weighted by Crippen LogP contribution is -2.25. The first-order valence-corrected chi connectivity index (χ1v) is 6.00. The van der Waals surface area contributed by atoms with Crippen LogP contribution in [0.4, 0.5) is 0 Å². The van der Waals surface area contributed by atoms with Crippen LogP contribution in [0.25, 0.3) is 0 Å². The maximum atomic E-state index is 11.4. The molecule has 1 saturated heterocycles. The van der Waals surface area contributed by atoms with Gasteiger partial charge in [-0.2, -0.15) is 0 Å². The molecule has 1 aliphatic heterocycles. The molecule has 0 aromatic carbocycles. The van der Waals surface area contributed by atoms with Gasteiger partial charge in [-0.3, -0.25) is 4.79 Å². The lowest BCUT2D eigenvalue weighted by atomic mass is 10.1. The number of hydrogen-bond donors (Lipinski definition) is 3. The maximum Gasteiger partial charge on any atom is 0.414 e. The normalized spacial score (nSPS) is 18.2. The molecule has 3 N–H and O–H groups in total. The summed E-state index contributed by atoms with van der Waals surface area (Å²) < 4.78 is 5.23. The molecular weight excluding hydrogens is 254 g/mol. The summed E-state index contributed by atoms with van der Waals surface area (Å²) in [6.07, 6.45) is 1.66. The zero-order valence-electron chi connectivity index (χ0n) is 11.4. The molecule has 1 fully saturated rings. The predicted octanol–water partition coefficient (Wildman–Crippen LogP) is 0.483. The van der Waals surface area contributed by atoms with Crippen molar-refractivity contribution >= 4 is 17.9 Å². The molecule has 0 aromatic rings. The molecule has 7 nitrogen and oxygen atoms in total. The number of hydrogen-bond acceptors (Lipinski definition) is 5. The average molecular weight is 275 g/mol. The third kappa shape index (κ3) is 10.0. The predicted molar refractivity (Wildman–Crippen MR) is 66.7 cm³/mol. The first-order valence-electron chi connectivity index (χ1n) is 6.00. The average Bonchev–Trinajstić information content (AvgIpc) is 2.67. The van der Waals surface area contributed by atoms with Gasteiger partial charge in [-0.25, -0.2) is 9.59 Å². The monoisotopic (exact) mass is 275 g/mol. The molecule has 0 bridgehead atoms. The molecule has 7 heteroatoms. The van der Waals surface area contributed by atoms with Crippen molar-refractivity contribution in [1.82, 2.24) is 5.32 Å². The molecule has 1 atom stereocenters. The van der Waals surface area contributed by atoms with E-state index in [0.29, 0.717) is 12.3 Å². The summed E-state index contributed by atoms with van der Waals surface area (Å²) in [5.41, 5.74) is -0.344. The van der Waals surface area contributed by atoms with Crippen molar-refractivity contribution < 1.29 is 29.3 Å². The third-order valence-electron chi connectivity index (χ3n) is 2.22. The summed E-state index contributed by atoms with van der Waals surface area (Å²) in [5.74, 6) is -3.24. The molecule has 0 amide bonds. The fourth-order valence-corrected chi connectivity index (χ4v) is 1.51. The number of carboxylic acids is 2. The molecule has 1 unspecified atom stereocenters. The van der Waals surface area contributed by atoms with Crippen LogP contribution in [-0.4, -0.2) is 46.8 Å². The zero-order valence-corrected chi connectivity index (χ0v) is 11.4. The Bertz CT molecular complexity index is 316. The largest absolute Gasteiger partial charge is 0.473 e. The maximum absolute atomic E-state index is 11.4. The minimum atomic E-state index is -1.82. The summed E-state index contributed by atoms with van der Waals surface area (Å²) in [6, 6.07) is 0. The molecule has 0 radical (unpaired) electrons. The van der Waals surface area contributed by atoms with Crippen LogP contribution in [0.5, 0.6) is 0 Å². The summed E-state index contributed by atoms with van der Waals surface area (Å²) in [6.45, 7) is 7.69. The second-order valence-electron chi connectivity index (χ2n) is 5.26. The zero-order chi connectivity index (χ0) is 15.1.